The van der Waals surface area contributed by atoms with Crippen molar-refractivity contribution in [3.63, 3.8) is 0 Å². The van der Waals surface area contributed by atoms with Gasteiger partial charge in [-0.15, -0.1) is 0 Å². The van der Waals surface area contributed by atoms with Crippen LogP contribution in [0.2, 0.25) is 0 Å². The molecule has 92 valence electrons. The molecule has 4 heteroatoms. The van der Waals surface area contributed by atoms with Crippen LogP contribution in [0.5, 0.6) is 0 Å². The molecule has 2 aliphatic heterocycles. The third kappa shape index (κ3) is 2.03. The molecule has 1 spiro atoms. The van der Waals surface area contributed by atoms with Crippen LogP contribution in [0.1, 0.15) is 33.6 Å². The van der Waals surface area contributed by atoms with Crippen LogP contribution in [0.3, 0.4) is 0 Å². The second-order valence-electron chi connectivity index (χ2n) is 6.13. The summed E-state index contributed by atoms with van der Waals surface area (Å²) in [5, 5.41) is 0. The van der Waals surface area contributed by atoms with Crippen LogP contribution in [0.4, 0.5) is 4.79 Å². The maximum atomic E-state index is 12.1. The largest absolute Gasteiger partial charge is 0.444 e. The number of likely N-dealkylation sites (tertiary alicyclic amines) is 2. The van der Waals surface area contributed by atoms with Crippen LogP contribution in [0, 0.1) is 0 Å². The van der Waals surface area contributed by atoms with E-state index in [0.717, 1.165) is 32.5 Å². The van der Waals surface area contributed by atoms with Crippen LogP contribution in [-0.4, -0.2) is 53.7 Å². The zero-order valence-electron chi connectivity index (χ0n) is 10.7. The lowest BCUT2D eigenvalue weighted by molar-refractivity contribution is -0.0367. The number of hydrogen-bond donors (Lipinski definition) is 0. The fourth-order valence-electron chi connectivity index (χ4n) is 2.83. The molecule has 2 heterocycles. The Kier molecular flexibility index (Phi) is 2.65. The van der Waals surface area contributed by atoms with E-state index in [0.29, 0.717) is 0 Å². The molecule has 0 saturated carbocycles. The van der Waals surface area contributed by atoms with Gasteiger partial charge < -0.3 is 9.64 Å². The Morgan fingerprint density at radius 2 is 1.94 bits per heavy atom. The van der Waals surface area contributed by atoms with E-state index in [1.807, 2.05) is 25.7 Å². The fourth-order valence-corrected chi connectivity index (χ4v) is 2.83. The van der Waals surface area contributed by atoms with E-state index in [4.69, 9.17) is 4.74 Å². The van der Waals surface area contributed by atoms with E-state index in [9.17, 15) is 4.79 Å². The van der Waals surface area contributed by atoms with E-state index in [1.165, 1.54) is 0 Å². The van der Waals surface area contributed by atoms with Crippen LogP contribution >= 0.6 is 0 Å². The number of likely N-dealkylation sites (N-methyl/N-ethyl adjacent to an activating group) is 1. The van der Waals surface area contributed by atoms with E-state index in [1.54, 1.807) is 0 Å². The molecule has 2 rings (SSSR count). The second kappa shape index (κ2) is 3.62. The first kappa shape index (κ1) is 11.7. The predicted octanol–water partition coefficient (Wildman–Crippen LogP) is 1.70. The first-order valence-corrected chi connectivity index (χ1v) is 6.02. The normalized spacial score (nSPS) is 24.6. The number of hydrogen-bond acceptors (Lipinski definition) is 3. The minimum Gasteiger partial charge on any atom is -0.444 e. The maximum Gasteiger partial charge on any atom is 0.410 e. The molecule has 2 fully saturated rings. The van der Waals surface area contributed by atoms with Crippen LogP contribution < -0.4 is 0 Å². The van der Waals surface area contributed by atoms with Gasteiger partial charge in [-0.25, -0.2) is 4.79 Å². The number of carbonyl (C=O) groups excluding carboxylic acids is 1. The van der Waals surface area contributed by atoms with Crippen molar-refractivity contribution in [2.24, 2.45) is 0 Å². The Morgan fingerprint density at radius 3 is 2.44 bits per heavy atom. The second-order valence-corrected chi connectivity index (χ2v) is 6.13. The Balaban J connectivity index is 2.01. The lowest BCUT2D eigenvalue weighted by Crippen LogP contribution is -2.67. The predicted molar refractivity (Wildman–Crippen MR) is 62.4 cm³/mol. The molecule has 0 bridgehead atoms. The molecule has 16 heavy (non-hydrogen) atoms. The molecule has 0 unspecified atom stereocenters. The first-order valence-electron chi connectivity index (χ1n) is 6.02. The summed E-state index contributed by atoms with van der Waals surface area (Å²) in [5.74, 6) is 0. The molecule has 0 N–H and O–H groups in total. The number of ether oxygens (including phenoxy) is 1. The summed E-state index contributed by atoms with van der Waals surface area (Å²) in [5.41, 5.74) is -0.312. The van der Waals surface area contributed by atoms with Gasteiger partial charge in [0.25, 0.3) is 0 Å². The Hall–Kier alpha value is -0.770. The summed E-state index contributed by atoms with van der Waals surface area (Å²) in [4.78, 5) is 16.3. The fraction of sp³-hybridized carbons (Fsp3) is 0.917. The molecule has 0 aromatic heterocycles. The van der Waals surface area contributed by atoms with Gasteiger partial charge in [-0.3, -0.25) is 4.90 Å². The van der Waals surface area contributed by atoms with Gasteiger partial charge in [-0.05, 0) is 40.7 Å². The maximum absolute atomic E-state index is 12.1. The van der Waals surface area contributed by atoms with Crippen molar-refractivity contribution in [3.8, 4) is 0 Å². The van der Waals surface area contributed by atoms with E-state index >= 15 is 0 Å². The van der Waals surface area contributed by atoms with Gasteiger partial charge in [0.15, 0.2) is 0 Å². The van der Waals surface area contributed by atoms with Crippen molar-refractivity contribution in [2.45, 2.75) is 44.8 Å². The van der Waals surface area contributed by atoms with Gasteiger partial charge in [-0.1, -0.05) is 0 Å². The molecule has 0 atom stereocenters. The van der Waals surface area contributed by atoms with Gasteiger partial charge in [0, 0.05) is 19.6 Å². The minimum absolute atomic E-state index is 0.0804. The van der Waals surface area contributed by atoms with Crippen molar-refractivity contribution in [1.29, 1.82) is 0 Å². The first-order chi connectivity index (χ1) is 7.32. The van der Waals surface area contributed by atoms with E-state index in [-0.39, 0.29) is 11.6 Å². The minimum atomic E-state index is -0.392. The van der Waals surface area contributed by atoms with Crippen molar-refractivity contribution < 1.29 is 9.53 Å². The van der Waals surface area contributed by atoms with Gasteiger partial charge in [0.1, 0.15) is 5.60 Å². The topological polar surface area (TPSA) is 32.8 Å². The highest BCUT2D eigenvalue weighted by molar-refractivity contribution is 5.70. The SMILES string of the molecule is CN1CC2(CCCN2C(=O)OC(C)(C)C)C1. The lowest BCUT2D eigenvalue weighted by Gasteiger charge is -2.51. The van der Waals surface area contributed by atoms with Crippen LogP contribution in [-0.2, 0) is 4.74 Å². The molecular formula is C12H22N2O2. The molecule has 1 amide bonds. The van der Waals surface area contributed by atoms with Gasteiger partial charge in [0.2, 0.25) is 0 Å². The summed E-state index contributed by atoms with van der Waals surface area (Å²) in [7, 11) is 2.09. The molecular weight excluding hydrogens is 204 g/mol. The third-order valence-corrected chi connectivity index (χ3v) is 3.34. The summed E-state index contributed by atoms with van der Waals surface area (Å²) in [6, 6.07) is 0. The Bertz CT molecular complexity index is 290. The number of rotatable bonds is 0. The summed E-state index contributed by atoms with van der Waals surface area (Å²) in [6.07, 6.45) is 2.09. The third-order valence-electron chi connectivity index (χ3n) is 3.34. The van der Waals surface area contributed by atoms with Crippen molar-refractivity contribution >= 4 is 6.09 Å². The average Bonchev–Trinajstić information content (AvgIpc) is 2.44. The smallest absolute Gasteiger partial charge is 0.410 e. The Labute approximate surface area is 97.5 Å². The van der Waals surface area contributed by atoms with Crippen molar-refractivity contribution in [2.75, 3.05) is 26.7 Å². The highest BCUT2D eigenvalue weighted by Gasteiger charge is 2.51. The molecule has 2 aliphatic rings. The molecule has 4 nitrogen and oxygen atoms in total. The van der Waals surface area contributed by atoms with Gasteiger partial charge >= 0.3 is 6.09 Å². The standard InChI is InChI=1S/C12H22N2O2/c1-11(2,3)16-10(15)14-7-5-6-12(14)8-13(4)9-12/h5-9H2,1-4H3. The lowest BCUT2D eigenvalue weighted by atomic mass is 9.88. The molecule has 0 aromatic carbocycles. The monoisotopic (exact) mass is 226 g/mol. The number of nitrogens with zero attached hydrogens (tertiary/aromatic N) is 2. The zero-order chi connectivity index (χ0) is 12.0. The molecule has 0 aliphatic carbocycles. The van der Waals surface area contributed by atoms with Crippen molar-refractivity contribution in [1.82, 2.24) is 9.80 Å². The summed E-state index contributed by atoms with van der Waals surface area (Å²) >= 11 is 0. The molecule has 2 saturated heterocycles. The highest BCUT2D eigenvalue weighted by Crippen LogP contribution is 2.37. The van der Waals surface area contributed by atoms with Crippen molar-refractivity contribution in [3.05, 3.63) is 0 Å². The summed E-state index contributed by atoms with van der Waals surface area (Å²) in [6.45, 7) is 8.59. The number of amides is 1. The number of carbonyl (C=O) groups is 1. The summed E-state index contributed by atoms with van der Waals surface area (Å²) < 4.78 is 5.46. The van der Waals surface area contributed by atoms with Gasteiger partial charge in [-0.2, -0.15) is 0 Å². The Morgan fingerprint density at radius 1 is 1.31 bits per heavy atom. The highest BCUT2D eigenvalue weighted by atomic mass is 16.6. The van der Waals surface area contributed by atoms with E-state index < -0.39 is 5.60 Å². The van der Waals surface area contributed by atoms with E-state index in [2.05, 4.69) is 11.9 Å². The molecule has 0 radical (unpaired) electrons. The average molecular weight is 226 g/mol. The van der Waals surface area contributed by atoms with Crippen LogP contribution in [0.15, 0.2) is 0 Å². The quantitative estimate of drug-likeness (QED) is 0.630. The van der Waals surface area contributed by atoms with Crippen LogP contribution in [0.25, 0.3) is 0 Å². The van der Waals surface area contributed by atoms with Gasteiger partial charge in [0.05, 0.1) is 5.54 Å². The zero-order valence-corrected chi connectivity index (χ0v) is 10.7. The molecule has 0 aromatic rings.